The van der Waals surface area contributed by atoms with E-state index in [9.17, 15) is 14.0 Å². The van der Waals surface area contributed by atoms with E-state index in [1.807, 2.05) is 30.3 Å². The number of para-hydroxylation sites is 1. The van der Waals surface area contributed by atoms with Crippen molar-refractivity contribution in [2.45, 2.75) is 12.5 Å². The van der Waals surface area contributed by atoms with Gasteiger partial charge in [0.25, 0.3) is 5.91 Å². The Morgan fingerprint density at radius 2 is 1.92 bits per heavy atom. The van der Waals surface area contributed by atoms with Gasteiger partial charge in [-0.15, -0.1) is 0 Å². The molecule has 1 atom stereocenters. The quantitative estimate of drug-likeness (QED) is 0.930. The van der Waals surface area contributed by atoms with E-state index < -0.39 is 17.8 Å². The molecule has 1 fully saturated rings. The standard InChI is InChI=1S/C19H20FN3O2/c1-22(2)18(24)15-12-13(8-9-16(15)20)21-17-10-11-23(19(17)25)14-6-4-3-5-7-14/h3-9,12,17,21H,10-11H2,1-2H3/t17-/m0/s1. The molecule has 2 aromatic rings. The Hall–Kier alpha value is -2.89. The summed E-state index contributed by atoms with van der Waals surface area (Å²) >= 11 is 0. The molecule has 1 saturated heterocycles. The monoisotopic (exact) mass is 341 g/mol. The van der Waals surface area contributed by atoms with Crippen molar-refractivity contribution in [3.8, 4) is 0 Å². The number of nitrogens with zero attached hydrogens (tertiary/aromatic N) is 2. The van der Waals surface area contributed by atoms with Gasteiger partial charge in [0.05, 0.1) is 5.56 Å². The van der Waals surface area contributed by atoms with E-state index in [1.54, 1.807) is 25.1 Å². The third-order valence-corrected chi connectivity index (χ3v) is 4.22. The van der Waals surface area contributed by atoms with Crippen molar-refractivity contribution in [1.29, 1.82) is 0 Å². The molecule has 2 aromatic carbocycles. The minimum Gasteiger partial charge on any atom is -0.374 e. The number of hydrogen-bond donors (Lipinski definition) is 1. The Labute approximate surface area is 146 Å². The molecule has 0 aromatic heterocycles. The summed E-state index contributed by atoms with van der Waals surface area (Å²) in [5.41, 5.74) is 1.40. The number of carbonyl (C=O) groups excluding carboxylic acids is 2. The van der Waals surface area contributed by atoms with Crippen LogP contribution in [0.2, 0.25) is 0 Å². The minimum absolute atomic E-state index is 0.0136. The molecule has 6 heteroatoms. The molecule has 25 heavy (non-hydrogen) atoms. The zero-order chi connectivity index (χ0) is 18.0. The lowest BCUT2D eigenvalue weighted by Gasteiger charge is -2.18. The summed E-state index contributed by atoms with van der Waals surface area (Å²) in [5.74, 6) is -1.02. The molecule has 0 radical (unpaired) electrons. The van der Waals surface area contributed by atoms with E-state index in [1.165, 1.54) is 17.0 Å². The highest BCUT2D eigenvalue weighted by Gasteiger charge is 2.32. The predicted molar refractivity (Wildman–Crippen MR) is 95.2 cm³/mol. The van der Waals surface area contributed by atoms with Crippen LogP contribution in [0.3, 0.4) is 0 Å². The van der Waals surface area contributed by atoms with Gasteiger partial charge in [0.2, 0.25) is 5.91 Å². The van der Waals surface area contributed by atoms with Crippen molar-refractivity contribution in [1.82, 2.24) is 4.90 Å². The van der Waals surface area contributed by atoms with Crippen LogP contribution < -0.4 is 10.2 Å². The van der Waals surface area contributed by atoms with E-state index in [0.717, 1.165) is 5.69 Å². The topological polar surface area (TPSA) is 52.7 Å². The van der Waals surface area contributed by atoms with E-state index >= 15 is 0 Å². The Morgan fingerprint density at radius 1 is 1.20 bits per heavy atom. The number of hydrogen-bond acceptors (Lipinski definition) is 3. The first-order chi connectivity index (χ1) is 12.0. The number of rotatable bonds is 4. The van der Waals surface area contributed by atoms with E-state index in [4.69, 9.17) is 0 Å². The first-order valence-electron chi connectivity index (χ1n) is 8.11. The third kappa shape index (κ3) is 3.47. The number of benzene rings is 2. The molecule has 0 spiro atoms. The van der Waals surface area contributed by atoms with Gasteiger partial charge in [0, 0.05) is 32.0 Å². The molecule has 130 valence electrons. The van der Waals surface area contributed by atoms with Gasteiger partial charge in [0.15, 0.2) is 0 Å². The fourth-order valence-electron chi connectivity index (χ4n) is 2.90. The SMILES string of the molecule is CN(C)C(=O)c1cc(N[C@H]2CCN(c3ccccc3)C2=O)ccc1F. The van der Waals surface area contributed by atoms with E-state index in [0.29, 0.717) is 18.7 Å². The molecular weight excluding hydrogens is 321 g/mol. The summed E-state index contributed by atoms with van der Waals surface area (Å²) in [7, 11) is 3.14. The zero-order valence-corrected chi connectivity index (χ0v) is 14.2. The smallest absolute Gasteiger partial charge is 0.256 e. The first kappa shape index (κ1) is 17.0. The normalized spacial score (nSPS) is 16.8. The number of halogens is 1. The summed E-state index contributed by atoms with van der Waals surface area (Å²) in [6, 6.07) is 13.3. The Bertz CT molecular complexity index is 793. The molecule has 3 rings (SSSR count). The lowest BCUT2D eigenvalue weighted by Crippen LogP contribution is -2.33. The van der Waals surface area contributed by atoms with E-state index in [2.05, 4.69) is 5.32 Å². The maximum absolute atomic E-state index is 13.9. The molecule has 0 saturated carbocycles. The first-order valence-corrected chi connectivity index (χ1v) is 8.11. The Kier molecular flexibility index (Phi) is 4.70. The van der Waals surface area contributed by atoms with Gasteiger partial charge >= 0.3 is 0 Å². The summed E-state index contributed by atoms with van der Waals surface area (Å²) in [5, 5.41) is 3.12. The minimum atomic E-state index is -0.576. The second-order valence-corrected chi connectivity index (χ2v) is 6.21. The lowest BCUT2D eigenvalue weighted by molar-refractivity contribution is -0.117. The Balaban J connectivity index is 1.76. The van der Waals surface area contributed by atoms with Crippen LogP contribution >= 0.6 is 0 Å². The summed E-state index contributed by atoms with van der Waals surface area (Å²) < 4.78 is 13.9. The molecule has 0 unspecified atom stereocenters. The molecule has 1 heterocycles. The average molecular weight is 341 g/mol. The van der Waals surface area contributed by atoms with Crippen LogP contribution in [-0.4, -0.2) is 43.4 Å². The van der Waals surface area contributed by atoms with Gasteiger partial charge in [-0.25, -0.2) is 4.39 Å². The molecule has 1 N–H and O–H groups in total. The highest BCUT2D eigenvalue weighted by atomic mass is 19.1. The van der Waals surface area contributed by atoms with Crippen LogP contribution in [0.4, 0.5) is 15.8 Å². The number of amides is 2. The number of anilines is 2. The van der Waals surface area contributed by atoms with Crippen LogP contribution in [0, 0.1) is 5.82 Å². The van der Waals surface area contributed by atoms with Gasteiger partial charge in [0.1, 0.15) is 11.9 Å². The van der Waals surface area contributed by atoms with Gasteiger partial charge in [-0.3, -0.25) is 9.59 Å². The van der Waals surface area contributed by atoms with Crippen LogP contribution in [0.5, 0.6) is 0 Å². The summed E-state index contributed by atoms with van der Waals surface area (Å²) in [6.07, 6.45) is 0.641. The maximum Gasteiger partial charge on any atom is 0.256 e. The zero-order valence-electron chi connectivity index (χ0n) is 14.2. The van der Waals surface area contributed by atoms with Crippen molar-refractivity contribution in [2.75, 3.05) is 30.9 Å². The maximum atomic E-state index is 13.9. The van der Waals surface area contributed by atoms with Crippen molar-refractivity contribution < 1.29 is 14.0 Å². The highest BCUT2D eigenvalue weighted by Crippen LogP contribution is 2.24. The van der Waals surface area contributed by atoms with Crippen LogP contribution in [0.15, 0.2) is 48.5 Å². The third-order valence-electron chi connectivity index (χ3n) is 4.22. The molecule has 0 bridgehead atoms. The summed E-state index contributed by atoms with van der Waals surface area (Å²) in [6.45, 7) is 0.616. The molecule has 1 aliphatic heterocycles. The molecule has 0 aliphatic carbocycles. The second kappa shape index (κ2) is 6.93. The second-order valence-electron chi connectivity index (χ2n) is 6.21. The van der Waals surface area contributed by atoms with E-state index in [-0.39, 0.29) is 11.5 Å². The molecular formula is C19H20FN3O2. The Morgan fingerprint density at radius 3 is 2.60 bits per heavy atom. The van der Waals surface area contributed by atoms with Crippen LogP contribution in [0.25, 0.3) is 0 Å². The lowest BCUT2D eigenvalue weighted by atomic mass is 10.1. The van der Waals surface area contributed by atoms with Crippen molar-refractivity contribution >= 4 is 23.2 Å². The van der Waals surface area contributed by atoms with Crippen molar-refractivity contribution in [3.63, 3.8) is 0 Å². The van der Waals surface area contributed by atoms with Gasteiger partial charge in [-0.1, -0.05) is 18.2 Å². The van der Waals surface area contributed by atoms with Crippen LogP contribution in [-0.2, 0) is 4.79 Å². The van der Waals surface area contributed by atoms with Crippen molar-refractivity contribution in [2.24, 2.45) is 0 Å². The average Bonchev–Trinajstić information content (AvgIpc) is 2.97. The number of carbonyl (C=O) groups is 2. The largest absolute Gasteiger partial charge is 0.374 e. The fourth-order valence-corrected chi connectivity index (χ4v) is 2.90. The highest BCUT2D eigenvalue weighted by molar-refractivity contribution is 6.01. The van der Waals surface area contributed by atoms with Crippen LogP contribution in [0.1, 0.15) is 16.8 Å². The fraction of sp³-hybridized carbons (Fsp3) is 0.263. The van der Waals surface area contributed by atoms with Gasteiger partial charge in [-0.05, 0) is 36.8 Å². The van der Waals surface area contributed by atoms with Crippen molar-refractivity contribution in [3.05, 3.63) is 59.9 Å². The van der Waals surface area contributed by atoms with Gasteiger partial charge in [-0.2, -0.15) is 0 Å². The van der Waals surface area contributed by atoms with Gasteiger partial charge < -0.3 is 15.1 Å². The number of nitrogens with one attached hydrogen (secondary N) is 1. The predicted octanol–water partition coefficient (Wildman–Crippen LogP) is 2.74. The molecule has 2 amide bonds. The molecule has 1 aliphatic rings. The summed E-state index contributed by atoms with van der Waals surface area (Å²) in [4.78, 5) is 27.7. The molecule has 5 nitrogen and oxygen atoms in total.